The number of guanidine groups is 1. The van der Waals surface area contributed by atoms with Crippen LogP contribution in [0.15, 0.2) is 11.2 Å². The summed E-state index contributed by atoms with van der Waals surface area (Å²) in [7, 11) is 1.98. The fourth-order valence-corrected chi connectivity index (χ4v) is 2.44. The van der Waals surface area contributed by atoms with Gasteiger partial charge in [-0.2, -0.15) is 5.10 Å². The van der Waals surface area contributed by atoms with Crippen molar-refractivity contribution in [2.45, 2.75) is 25.8 Å². The Kier molecular flexibility index (Phi) is 2.34. The zero-order chi connectivity index (χ0) is 12.0. The van der Waals surface area contributed by atoms with Crippen LogP contribution in [0.5, 0.6) is 0 Å². The van der Waals surface area contributed by atoms with Gasteiger partial charge in [0.05, 0.1) is 18.8 Å². The van der Waals surface area contributed by atoms with Crippen molar-refractivity contribution < 1.29 is 0 Å². The lowest BCUT2D eigenvalue weighted by Crippen LogP contribution is -2.37. The molecule has 0 saturated heterocycles. The molecule has 92 valence electrons. The van der Waals surface area contributed by atoms with Crippen LogP contribution in [0.3, 0.4) is 0 Å². The highest BCUT2D eigenvalue weighted by Gasteiger charge is 2.34. The van der Waals surface area contributed by atoms with Gasteiger partial charge in [0, 0.05) is 24.8 Å². The van der Waals surface area contributed by atoms with E-state index < -0.39 is 0 Å². The largest absolute Gasteiger partial charge is 0.370 e. The number of nitrogens with zero attached hydrogens (tertiary/aromatic N) is 4. The Morgan fingerprint density at radius 3 is 2.82 bits per heavy atom. The fraction of sp³-hybridized carbons (Fsp3) is 0.667. The molecule has 3 rings (SSSR count). The molecule has 1 fully saturated rings. The minimum atomic E-state index is 0.296. The molecule has 0 spiro atoms. The van der Waals surface area contributed by atoms with Crippen LogP contribution in [-0.4, -0.2) is 33.7 Å². The normalized spacial score (nSPS) is 24.2. The Labute approximate surface area is 101 Å². The number of hydrogen-bond acceptors (Lipinski definition) is 4. The standard InChI is InChI=1S/C12H19N5/c1-8-10(5-15-16(8)2)11-6-14-12(13)17(11)7-9-3-4-9/h5,9,11H,3-4,6-7H2,1-2H3,(H2,13,14). The van der Waals surface area contributed by atoms with Gasteiger partial charge in [-0.25, -0.2) is 0 Å². The maximum absolute atomic E-state index is 5.99. The number of aryl methyl sites for hydroxylation is 1. The Morgan fingerprint density at radius 2 is 2.24 bits per heavy atom. The lowest BCUT2D eigenvalue weighted by molar-refractivity contribution is 0.332. The first-order valence-corrected chi connectivity index (χ1v) is 6.22. The highest BCUT2D eigenvalue weighted by Crippen LogP contribution is 2.35. The van der Waals surface area contributed by atoms with Gasteiger partial charge >= 0.3 is 0 Å². The lowest BCUT2D eigenvalue weighted by atomic mass is 10.1. The Morgan fingerprint density at radius 1 is 1.47 bits per heavy atom. The van der Waals surface area contributed by atoms with Gasteiger partial charge in [-0.05, 0) is 25.7 Å². The third-order valence-electron chi connectivity index (χ3n) is 3.88. The highest BCUT2D eigenvalue weighted by atomic mass is 15.3. The van der Waals surface area contributed by atoms with Crippen molar-refractivity contribution in [3.05, 3.63) is 17.5 Å². The van der Waals surface area contributed by atoms with Crippen molar-refractivity contribution in [3.8, 4) is 0 Å². The maximum Gasteiger partial charge on any atom is 0.191 e. The lowest BCUT2D eigenvalue weighted by Gasteiger charge is -2.26. The summed E-state index contributed by atoms with van der Waals surface area (Å²) in [5.74, 6) is 1.52. The topological polar surface area (TPSA) is 59.4 Å². The van der Waals surface area contributed by atoms with Crippen LogP contribution in [0.2, 0.25) is 0 Å². The van der Waals surface area contributed by atoms with Crippen LogP contribution in [0, 0.1) is 12.8 Å². The Balaban J connectivity index is 1.84. The van der Waals surface area contributed by atoms with Crippen molar-refractivity contribution >= 4 is 5.96 Å². The molecule has 1 atom stereocenters. The first kappa shape index (κ1) is 10.6. The molecule has 2 aliphatic rings. The van der Waals surface area contributed by atoms with Gasteiger partial charge in [-0.1, -0.05) is 0 Å². The van der Waals surface area contributed by atoms with Gasteiger partial charge in [-0.3, -0.25) is 9.67 Å². The molecule has 1 aromatic rings. The molecule has 0 bridgehead atoms. The second-order valence-electron chi connectivity index (χ2n) is 5.12. The van der Waals surface area contributed by atoms with E-state index in [1.807, 2.05) is 17.9 Å². The predicted molar refractivity (Wildman–Crippen MR) is 66.6 cm³/mol. The van der Waals surface area contributed by atoms with E-state index in [2.05, 4.69) is 21.9 Å². The van der Waals surface area contributed by atoms with Gasteiger partial charge in [0.25, 0.3) is 0 Å². The Hall–Kier alpha value is -1.52. The molecule has 1 saturated carbocycles. The average molecular weight is 233 g/mol. The van der Waals surface area contributed by atoms with Crippen molar-refractivity contribution in [1.82, 2.24) is 14.7 Å². The molecular formula is C12H19N5. The molecule has 0 amide bonds. The third-order valence-corrected chi connectivity index (χ3v) is 3.88. The van der Waals surface area contributed by atoms with Crippen LogP contribution < -0.4 is 5.73 Å². The van der Waals surface area contributed by atoms with Gasteiger partial charge in [0.2, 0.25) is 0 Å². The summed E-state index contributed by atoms with van der Waals surface area (Å²) in [5.41, 5.74) is 8.46. The van der Waals surface area contributed by atoms with Gasteiger partial charge in [-0.15, -0.1) is 0 Å². The van der Waals surface area contributed by atoms with E-state index in [1.165, 1.54) is 24.1 Å². The fourth-order valence-electron chi connectivity index (χ4n) is 2.44. The monoisotopic (exact) mass is 233 g/mol. The average Bonchev–Trinajstić information content (AvgIpc) is 2.98. The van der Waals surface area contributed by atoms with E-state index in [0.29, 0.717) is 12.0 Å². The second-order valence-corrected chi connectivity index (χ2v) is 5.12. The SMILES string of the molecule is Cc1c(C2CN=C(N)N2CC2CC2)cnn1C. The molecule has 2 N–H and O–H groups in total. The Bertz CT molecular complexity index is 457. The third kappa shape index (κ3) is 1.79. The van der Waals surface area contributed by atoms with Crippen LogP contribution in [0.1, 0.15) is 30.1 Å². The highest BCUT2D eigenvalue weighted by molar-refractivity contribution is 5.80. The number of aromatic nitrogens is 2. The summed E-state index contributed by atoms with van der Waals surface area (Å²) >= 11 is 0. The van der Waals surface area contributed by atoms with E-state index in [-0.39, 0.29) is 0 Å². The van der Waals surface area contributed by atoms with Crippen molar-refractivity contribution in [1.29, 1.82) is 0 Å². The molecule has 2 heterocycles. The van der Waals surface area contributed by atoms with E-state index >= 15 is 0 Å². The first-order chi connectivity index (χ1) is 8.16. The minimum absolute atomic E-state index is 0.296. The smallest absolute Gasteiger partial charge is 0.191 e. The van der Waals surface area contributed by atoms with Crippen molar-refractivity contribution in [2.75, 3.05) is 13.1 Å². The second kappa shape index (κ2) is 3.75. The minimum Gasteiger partial charge on any atom is -0.370 e. The summed E-state index contributed by atoms with van der Waals surface area (Å²) in [4.78, 5) is 6.64. The van der Waals surface area contributed by atoms with Gasteiger partial charge in [0.1, 0.15) is 0 Å². The van der Waals surface area contributed by atoms with Crippen molar-refractivity contribution in [3.63, 3.8) is 0 Å². The zero-order valence-electron chi connectivity index (χ0n) is 10.4. The number of hydrogen-bond donors (Lipinski definition) is 1. The maximum atomic E-state index is 5.99. The van der Waals surface area contributed by atoms with Crippen LogP contribution >= 0.6 is 0 Å². The molecule has 1 unspecified atom stereocenters. The van der Waals surface area contributed by atoms with Crippen LogP contribution in [0.25, 0.3) is 0 Å². The summed E-state index contributed by atoms with van der Waals surface area (Å²) in [6.45, 7) is 3.92. The van der Waals surface area contributed by atoms with E-state index in [0.717, 1.165) is 19.0 Å². The first-order valence-electron chi connectivity index (χ1n) is 6.22. The van der Waals surface area contributed by atoms with E-state index in [9.17, 15) is 0 Å². The van der Waals surface area contributed by atoms with Gasteiger partial charge < -0.3 is 10.6 Å². The number of aliphatic imine (C=N–C) groups is 1. The molecule has 1 aliphatic carbocycles. The molecule has 5 nitrogen and oxygen atoms in total. The number of rotatable bonds is 3. The summed E-state index contributed by atoms with van der Waals surface area (Å²) < 4.78 is 1.92. The van der Waals surface area contributed by atoms with E-state index in [1.54, 1.807) is 0 Å². The van der Waals surface area contributed by atoms with Crippen LogP contribution in [-0.2, 0) is 7.05 Å². The van der Waals surface area contributed by atoms with E-state index in [4.69, 9.17) is 5.73 Å². The molecule has 1 aromatic heterocycles. The van der Waals surface area contributed by atoms with Crippen LogP contribution in [0.4, 0.5) is 0 Å². The molecule has 17 heavy (non-hydrogen) atoms. The summed E-state index contributed by atoms with van der Waals surface area (Å²) in [5, 5.41) is 4.31. The molecule has 0 aromatic carbocycles. The quantitative estimate of drug-likeness (QED) is 0.840. The molecule has 1 aliphatic heterocycles. The van der Waals surface area contributed by atoms with Gasteiger partial charge in [0.15, 0.2) is 5.96 Å². The zero-order valence-corrected chi connectivity index (χ0v) is 10.4. The number of nitrogens with two attached hydrogens (primary N) is 1. The molecular weight excluding hydrogens is 214 g/mol. The molecule has 0 radical (unpaired) electrons. The predicted octanol–water partition coefficient (Wildman–Crippen LogP) is 0.810. The summed E-state index contributed by atoms with van der Waals surface area (Å²) in [6.07, 6.45) is 4.62. The molecule has 5 heteroatoms. The van der Waals surface area contributed by atoms with Crippen molar-refractivity contribution in [2.24, 2.45) is 23.7 Å². The summed E-state index contributed by atoms with van der Waals surface area (Å²) in [6, 6.07) is 0.296.